The van der Waals surface area contributed by atoms with E-state index < -0.39 is 34.4 Å². The second-order valence-corrected chi connectivity index (χ2v) is 12.5. The number of rotatable bonds is 13. The van der Waals surface area contributed by atoms with E-state index in [2.05, 4.69) is 5.32 Å². The van der Waals surface area contributed by atoms with Gasteiger partial charge < -0.3 is 15.0 Å². The number of nitrogens with one attached hydrogen (secondary N) is 1. The zero-order valence-corrected chi connectivity index (χ0v) is 26.6. The van der Waals surface area contributed by atoms with Gasteiger partial charge in [0.1, 0.15) is 18.3 Å². The van der Waals surface area contributed by atoms with Crippen molar-refractivity contribution in [3.63, 3.8) is 0 Å². The standard InChI is InChI=1S/C33H33Cl2N3O5S/c1-3-43-27-17-15-26(16-18-27)38(44(41,42)28-12-8-5-9-13-28)23-32(39)37(22-25-14-19-29(34)30(35)20-25)31(33(40)36-2)21-24-10-6-4-7-11-24/h4-20,31H,3,21-23H2,1-2H3,(H,36,40)/t31-/m0/s1. The van der Waals surface area contributed by atoms with Crippen molar-refractivity contribution in [2.45, 2.75) is 30.8 Å². The Morgan fingerprint density at radius 1 is 0.841 bits per heavy atom. The molecule has 8 nitrogen and oxygen atoms in total. The van der Waals surface area contributed by atoms with Gasteiger partial charge in [-0.2, -0.15) is 0 Å². The van der Waals surface area contributed by atoms with E-state index in [1.165, 1.54) is 24.1 Å². The predicted octanol–water partition coefficient (Wildman–Crippen LogP) is 5.97. The third-order valence-electron chi connectivity index (χ3n) is 6.90. The Labute approximate surface area is 268 Å². The minimum atomic E-state index is -4.20. The van der Waals surface area contributed by atoms with Crippen LogP contribution in [-0.2, 0) is 32.6 Å². The molecule has 0 radical (unpaired) electrons. The number of hydrogen-bond donors (Lipinski definition) is 1. The molecule has 0 aromatic heterocycles. The zero-order valence-electron chi connectivity index (χ0n) is 24.3. The summed E-state index contributed by atoms with van der Waals surface area (Å²) in [5, 5.41) is 3.29. The van der Waals surface area contributed by atoms with E-state index in [-0.39, 0.29) is 23.5 Å². The number of likely N-dealkylation sites (N-methyl/N-ethyl adjacent to an activating group) is 1. The number of benzene rings is 4. The third kappa shape index (κ3) is 8.11. The summed E-state index contributed by atoms with van der Waals surface area (Å²) in [5.41, 5.74) is 1.71. The number of nitrogens with zero attached hydrogens (tertiary/aromatic N) is 2. The molecule has 0 bridgehead atoms. The van der Waals surface area contributed by atoms with Crippen molar-refractivity contribution in [1.82, 2.24) is 10.2 Å². The van der Waals surface area contributed by atoms with E-state index in [0.717, 1.165) is 9.87 Å². The van der Waals surface area contributed by atoms with Gasteiger partial charge in [0.25, 0.3) is 10.0 Å². The van der Waals surface area contributed by atoms with Gasteiger partial charge in [-0.15, -0.1) is 0 Å². The number of ether oxygens (including phenoxy) is 1. The number of hydrogen-bond acceptors (Lipinski definition) is 5. The molecule has 1 N–H and O–H groups in total. The van der Waals surface area contributed by atoms with E-state index in [0.29, 0.717) is 28.0 Å². The average molecular weight is 655 g/mol. The van der Waals surface area contributed by atoms with Crippen LogP contribution in [0.1, 0.15) is 18.1 Å². The fourth-order valence-corrected chi connectivity index (χ4v) is 6.43. The lowest BCUT2D eigenvalue weighted by Gasteiger charge is -2.33. The lowest BCUT2D eigenvalue weighted by atomic mass is 10.0. The third-order valence-corrected chi connectivity index (χ3v) is 9.43. The van der Waals surface area contributed by atoms with Gasteiger partial charge in [0.15, 0.2) is 0 Å². The minimum absolute atomic E-state index is 0.0184. The van der Waals surface area contributed by atoms with Gasteiger partial charge in [0.05, 0.1) is 27.2 Å². The van der Waals surface area contributed by atoms with Gasteiger partial charge in [-0.1, -0.05) is 77.8 Å². The van der Waals surface area contributed by atoms with E-state index in [4.69, 9.17) is 27.9 Å². The molecule has 4 aromatic carbocycles. The van der Waals surface area contributed by atoms with Crippen LogP contribution < -0.4 is 14.4 Å². The molecule has 44 heavy (non-hydrogen) atoms. The SMILES string of the molecule is CCOc1ccc(N(CC(=O)N(Cc2ccc(Cl)c(Cl)c2)[C@@H](Cc2ccccc2)C(=O)NC)S(=O)(=O)c2ccccc2)cc1. The van der Waals surface area contributed by atoms with Gasteiger partial charge >= 0.3 is 0 Å². The summed E-state index contributed by atoms with van der Waals surface area (Å²) in [6.07, 6.45) is 0.196. The predicted molar refractivity (Wildman–Crippen MR) is 174 cm³/mol. The van der Waals surface area contributed by atoms with Gasteiger partial charge in [-0.05, 0) is 66.6 Å². The Hall–Kier alpha value is -4.05. The molecule has 11 heteroatoms. The fraction of sp³-hybridized carbons (Fsp3) is 0.212. The molecule has 0 aliphatic heterocycles. The first-order chi connectivity index (χ1) is 21.1. The van der Waals surface area contributed by atoms with Crippen LogP contribution in [-0.4, -0.2) is 51.4 Å². The molecule has 0 spiro atoms. The zero-order chi connectivity index (χ0) is 31.7. The number of amides is 2. The first-order valence-electron chi connectivity index (χ1n) is 13.9. The summed E-state index contributed by atoms with van der Waals surface area (Å²) in [6.45, 7) is 1.69. The van der Waals surface area contributed by atoms with Crippen LogP contribution in [0.4, 0.5) is 5.69 Å². The van der Waals surface area contributed by atoms with Crippen LogP contribution in [0.25, 0.3) is 0 Å². The molecule has 4 rings (SSSR count). The van der Waals surface area contributed by atoms with E-state index in [1.54, 1.807) is 60.7 Å². The summed E-state index contributed by atoms with van der Waals surface area (Å²) in [6, 6.07) is 27.6. The number of halogens is 2. The minimum Gasteiger partial charge on any atom is -0.494 e. The topological polar surface area (TPSA) is 96.0 Å². The van der Waals surface area contributed by atoms with Crippen molar-refractivity contribution in [2.75, 3.05) is 24.5 Å². The highest BCUT2D eigenvalue weighted by molar-refractivity contribution is 7.92. The maximum Gasteiger partial charge on any atom is 0.264 e. The number of carbonyl (C=O) groups excluding carboxylic acids is 2. The highest BCUT2D eigenvalue weighted by Gasteiger charge is 2.34. The fourth-order valence-electron chi connectivity index (χ4n) is 4.68. The van der Waals surface area contributed by atoms with Crippen LogP contribution in [0.2, 0.25) is 10.0 Å². The molecule has 0 saturated carbocycles. The van der Waals surface area contributed by atoms with E-state index in [9.17, 15) is 18.0 Å². The Balaban J connectivity index is 1.79. The van der Waals surface area contributed by atoms with Crippen molar-refractivity contribution >= 4 is 50.7 Å². The first kappa shape index (κ1) is 32.9. The number of sulfonamides is 1. The largest absolute Gasteiger partial charge is 0.494 e. The average Bonchev–Trinajstić information content (AvgIpc) is 3.04. The summed E-state index contributed by atoms with van der Waals surface area (Å²) >= 11 is 12.4. The Morgan fingerprint density at radius 3 is 2.07 bits per heavy atom. The normalized spacial score (nSPS) is 11.8. The Kier molecular flexibility index (Phi) is 11.3. The molecule has 4 aromatic rings. The molecule has 0 aliphatic rings. The molecular weight excluding hydrogens is 621 g/mol. The smallest absolute Gasteiger partial charge is 0.264 e. The quantitative estimate of drug-likeness (QED) is 0.192. The molecule has 230 valence electrons. The first-order valence-corrected chi connectivity index (χ1v) is 16.1. The van der Waals surface area contributed by atoms with Gasteiger partial charge in [-0.25, -0.2) is 8.42 Å². The number of carbonyl (C=O) groups is 2. The van der Waals surface area contributed by atoms with E-state index in [1.807, 2.05) is 37.3 Å². The Morgan fingerprint density at radius 2 is 1.48 bits per heavy atom. The molecule has 0 unspecified atom stereocenters. The molecule has 0 saturated heterocycles. The molecular formula is C33H33Cl2N3O5S. The Bertz CT molecular complexity index is 1670. The van der Waals surface area contributed by atoms with E-state index >= 15 is 0 Å². The van der Waals surface area contributed by atoms with Crippen molar-refractivity contribution in [3.8, 4) is 5.75 Å². The van der Waals surface area contributed by atoms with Crippen LogP contribution >= 0.6 is 23.2 Å². The lowest BCUT2D eigenvalue weighted by Crippen LogP contribution is -2.53. The van der Waals surface area contributed by atoms with Gasteiger partial charge in [0.2, 0.25) is 11.8 Å². The maximum atomic E-state index is 14.3. The maximum absolute atomic E-state index is 14.3. The summed E-state index contributed by atoms with van der Waals surface area (Å²) < 4.78 is 34.6. The second kappa shape index (κ2) is 15.1. The highest BCUT2D eigenvalue weighted by Crippen LogP contribution is 2.28. The monoisotopic (exact) mass is 653 g/mol. The van der Waals surface area contributed by atoms with Crippen molar-refractivity contribution in [1.29, 1.82) is 0 Å². The van der Waals surface area contributed by atoms with Crippen molar-refractivity contribution < 1.29 is 22.7 Å². The number of anilines is 1. The highest BCUT2D eigenvalue weighted by atomic mass is 35.5. The molecule has 0 aliphatic carbocycles. The van der Waals surface area contributed by atoms with Crippen LogP contribution in [0.15, 0.2) is 108 Å². The molecule has 1 atom stereocenters. The van der Waals surface area contributed by atoms with Crippen LogP contribution in [0, 0.1) is 0 Å². The van der Waals surface area contributed by atoms with Crippen LogP contribution in [0.5, 0.6) is 5.75 Å². The van der Waals surface area contributed by atoms with Gasteiger partial charge in [0, 0.05) is 20.0 Å². The lowest BCUT2D eigenvalue weighted by molar-refractivity contribution is -0.139. The summed E-state index contributed by atoms with van der Waals surface area (Å²) in [5.74, 6) is -0.432. The summed E-state index contributed by atoms with van der Waals surface area (Å²) in [4.78, 5) is 29.1. The molecule has 0 fully saturated rings. The second-order valence-electron chi connectivity index (χ2n) is 9.84. The molecule has 0 heterocycles. The van der Waals surface area contributed by atoms with Crippen molar-refractivity contribution in [3.05, 3.63) is 124 Å². The molecule has 2 amide bonds. The van der Waals surface area contributed by atoms with Crippen molar-refractivity contribution in [2.24, 2.45) is 0 Å². The summed E-state index contributed by atoms with van der Waals surface area (Å²) in [7, 11) is -2.70. The van der Waals surface area contributed by atoms with Crippen LogP contribution in [0.3, 0.4) is 0 Å². The van der Waals surface area contributed by atoms with Gasteiger partial charge in [-0.3, -0.25) is 13.9 Å².